The summed E-state index contributed by atoms with van der Waals surface area (Å²) in [5, 5.41) is 10.1. The maximum absolute atomic E-state index is 12.8. The van der Waals surface area contributed by atoms with Crippen LogP contribution in [0.4, 0.5) is 0 Å². The van der Waals surface area contributed by atoms with E-state index in [9.17, 15) is 14.7 Å². The molecule has 116 valence electrons. The van der Waals surface area contributed by atoms with Crippen molar-refractivity contribution in [3.05, 3.63) is 28.3 Å². The van der Waals surface area contributed by atoms with Crippen LogP contribution in [-0.2, 0) is 16.0 Å². The molecule has 1 aromatic carbocycles. The first kappa shape index (κ1) is 14.3. The van der Waals surface area contributed by atoms with E-state index in [1.807, 2.05) is 6.07 Å². The van der Waals surface area contributed by atoms with Gasteiger partial charge in [0.15, 0.2) is 0 Å². The van der Waals surface area contributed by atoms with Gasteiger partial charge in [-0.1, -0.05) is 18.5 Å². The first-order valence-corrected chi connectivity index (χ1v) is 8.37. The Balaban J connectivity index is 1.81. The SMILES string of the molecule is C[C@]12CCC3c4cc(Cl)c(O)cc4CC(=O)C3C1CCC2=O. The Morgan fingerprint density at radius 3 is 2.82 bits per heavy atom. The van der Waals surface area contributed by atoms with Crippen molar-refractivity contribution in [1.29, 1.82) is 0 Å². The van der Waals surface area contributed by atoms with Gasteiger partial charge in [0.05, 0.1) is 5.02 Å². The Morgan fingerprint density at radius 2 is 2.05 bits per heavy atom. The quantitative estimate of drug-likeness (QED) is 0.794. The van der Waals surface area contributed by atoms with Gasteiger partial charge >= 0.3 is 0 Å². The van der Waals surface area contributed by atoms with Gasteiger partial charge in [-0.2, -0.15) is 0 Å². The molecule has 22 heavy (non-hydrogen) atoms. The van der Waals surface area contributed by atoms with Gasteiger partial charge < -0.3 is 5.11 Å². The standard InChI is InChI=1S/C18H19ClO3/c1-18-5-4-10-11-8-13(19)14(20)6-9(11)7-15(21)17(10)12(18)2-3-16(18)22/h6,8,10,12,17,20H,2-5,7H2,1H3/t10?,12?,17?,18-/m0/s1. The van der Waals surface area contributed by atoms with Crippen molar-refractivity contribution in [3.8, 4) is 5.75 Å². The minimum atomic E-state index is -0.310. The molecule has 0 amide bonds. The second-order valence-electron chi connectivity index (χ2n) is 7.30. The maximum Gasteiger partial charge on any atom is 0.141 e. The molecule has 1 N–H and O–H groups in total. The Bertz CT molecular complexity index is 696. The zero-order chi connectivity index (χ0) is 15.6. The van der Waals surface area contributed by atoms with Crippen LogP contribution in [0.15, 0.2) is 12.1 Å². The van der Waals surface area contributed by atoms with Gasteiger partial charge in [0.1, 0.15) is 17.3 Å². The number of halogens is 1. The molecule has 3 unspecified atom stereocenters. The topological polar surface area (TPSA) is 54.4 Å². The number of benzene rings is 1. The third kappa shape index (κ3) is 1.75. The van der Waals surface area contributed by atoms with Crippen molar-refractivity contribution in [2.75, 3.05) is 0 Å². The van der Waals surface area contributed by atoms with E-state index in [-0.39, 0.29) is 34.7 Å². The average Bonchev–Trinajstić information content (AvgIpc) is 2.77. The van der Waals surface area contributed by atoms with E-state index in [1.165, 1.54) is 0 Å². The number of hydrogen-bond acceptors (Lipinski definition) is 3. The van der Waals surface area contributed by atoms with Crippen molar-refractivity contribution in [1.82, 2.24) is 0 Å². The van der Waals surface area contributed by atoms with Gasteiger partial charge in [-0.15, -0.1) is 0 Å². The number of ketones is 2. The smallest absolute Gasteiger partial charge is 0.141 e. The number of carbonyl (C=O) groups excluding carboxylic acids is 2. The third-order valence-electron chi connectivity index (χ3n) is 6.32. The van der Waals surface area contributed by atoms with E-state index < -0.39 is 0 Å². The average molecular weight is 319 g/mol. The number of fused-ring (bicyclic) bond motifs is 5. The minimum Gasteiger partial charge on any atom is -0.506 e. The molecule has 1 aromatic rings. The molecule has 3 nitrogen and oxygen atoms in total. The molecular weight excluding hydrogens is 300 g/mol. The van der Waals surface area contributed by atoms with Crippen LogP contribution in [0.25, 0.3) is 0 Å². The summed E-state index contributed by atoms with van der Waals surface area (Å²) in [5.74, 6) is 0.870. The second-order valence-corrected chi connectivity index (χ2v) is 7.71. The van der Waals surface area contributed by atoms with Gasteiger partial charge in [0.25, 0.3) is 0 Å². The van der Waals surface area contributed by atoms with Gasteiger partial charge in [0, 0.05) is 24.2 Å². The molecule has 0 radical (unpaired) electrons. The van der Waals surface area contributed by atoms with Crippen LogP contribution >= 0.6 is 11.6 Å². The van der Waals surface area contributed by atoms with Crippen molar-refractivity contribution in [3.63, 3.8) is 0 Å². The largest absolute Gasteiger partial charge is 0.506 e. The number of hydrogen-bond donors (Lipinski definition) is 1. The molecule has 4 rings (SSSR count). The maximum atomic E-state index is 12.8. The molecular formula is C18H19ClO3. The molecule has 0 heterocycles. The van der Waals surface area contributed by atoms with Crippen LogP contribution in [0.5, 0.6) is 5.75 Å². The summed E-state index contributed by atoms with van der Waals surface area (Å²) in [6, 6.07) is 3.47. The number of phenols is 1. The Hall–Kier alpha value is -1.35. The molecule has 3 aliphatic rings. The van der Waals surface area contributed by atoms with Crippen LogP contribution in [0.1, 0.15) is 49.7 Å². The summed E-state index contributed by atoms with van der Waals surface area (Å²) in [7, 11) is 0. The van der Waals surface area contributed by atoms with Gasteiger partial charge in [-0.25, -0.2) is 0 Å². The summed E-state index contributed by atoms with van der Waals surface area (Å²) in [6.07, 6.45) is 3.50. The van der Waals surface area contributed by atoms with Crippen molar-refractivity contribution in [2.45, 2.75) is 44.9 Å². The van der Waals surface area contributed by atoms with Crippen molar-refractivity contribution >= 4 is 23.2 Å². The fourth-order valence-corrected chi connectivity index (χ4v) is 5.31. The summed E-state index contributed by atoms with van der Waals surface area (Å²) in [6.45, 7) is 2.05. The molecule has 0 aliphatic heterocycles. The van der Waals surface area contributed by atoms with Gasteiger partial charge in [-0.3, -0.25) is 9.59 Å². The lowest BCUT2D eigenvalue weighted by Crippen LogP contribution is -2.46. The molecule has 0 saturated heterocycles. The van der Waals surface area contributed by atoms with E-state index in [2.05, 4.69) is 6.92 Å². The summed E-state index contributed by atoms with van der Waals surface area (Å²) in [5.41, 5.74) is 1.70. The zero-order valence-electron chi connectivity index (χ0n) is 12.6. The predicted molar refractivity (Wildman–Crippen MR) is 83.1 cm³/mol. The van der Waals surface area contributed by atoms with Crippen LogP contribution in [0, 0.1) is 17.3 Å². The zero-order valence-corrected chi connectivity index (χ0v) is 13.3. The van der Waals surface area contributed by atoms with E-state index >= 15 is 0 Å². The number of phenolic OH excluding ortho intramolecular Hbond substituents is 1. The van der Waals surface area contributed by atoms with Crippen LogP contribution in [0.2, 0.25) is 5.02 Å². The lowest BCUT2D eigenvalue weighted by atomic mass is 9.55. The Labute approximate surface area is 134 Å². The van der Waals surface area contributed by atoms with E-state index in [1.54, 1.807) is 6.07 Å². The molecule has 0 aromatic heterocycles. The highest BCUT2D eigenvalue weighted by molar-refractivity contribution is 6.32. The molecule has 3 aliphatic carbocycles. The Kier molecular flexibility index (Phi) is 2.96. The van der Waals surface area contributed by atoms with E-state index in [0.29, 0.717) is 23.6 Å². The summed E-state index contributed by atoms with van der Waals surface area (Å²) >= 11 is 6.09. The lowest BCUT2D eigenvalue weighted by Gasteiger charge is -2.47. The highest BCUT2D eigenvalue weighted by Crippen LogP contribution is 2.59. The summed E-state index contributed by atoms with van der Waals surface area (Å²) < 4.78 is 0. The van der Waals surface area contributed by atoms with Crippen LogP contribution in [0.3, 0.4) is 0 Å². The molecule has 0 bridgehead atoms. The van der Waals surface area contributed by atoms with Gasteiger partial charge in [-0.05, 0) is 54.4 Å². The van der Waals surface area contributed by atoms with E-state index in [0.717, 1.165) is 30.4 Å². The normalized spacial score (nSPS) is 36.7. The molecule has 4 atom stereocenters. The monoisotopic (exact) mass is 318 g/mol. The highest BCUT2D eigenvalue weighted by Gasteiger charge is 2.56. The predicted octanol–water partition coefficient (Wildman–Crippen LogP) is 3.65. The molecule has 2 saturated carbocycles. The number of rotatable bonds is 0. The first-order valence-electron chi connectivity index (χ1n) is 7.99. The van der Waals surface area contributed by atoms with E-state index in [4.69, 9.17) is 11.6 Å². The van der Waals surface area contributed by atoms with Gasteiger partial charge in [0.2, 0.25) is 0 Å². The first-order chi connectivity index (χ1) is 10.4. The van der Waals surface area contributed by atoms with Crippen LogP contribution < -0.4 is 0 Å². The fourth-order valence-electron chi connectivity index (χ4n) is 5.14. The molecule has 0 spiro atoms. The minimum absolute atomic E-state index is 0.0448. The van der Waals surface area contributed by atoms with Crippen molar-refractivity contribution in [2.24, 2.45) is 17.3 Å². The highest BCUT2D eigenvalue weighted by atomic mass is 35.5. The van der Waals surface area contributed by atoms with Crippen LogP contribution in [-0.4, -0.2) is 16.7 Å². The fraction of sp³-hybridized carbons (Fsp3) is 0.556. The second kappa shape index (κ2) is 4.58. The van der Waals surface area contributed by atoms with Crippen molar-refractivity contribution < 1.29 is 14.7 Å². The molecule has 2 fully saturated rings. The number of Topliss-reactive ketones (excluding diaryl/α,β-unsaturated/α-hetero) is 2. The Morgan fingerprint density at radius 1 is 1.27 bits per heavy atom. The molecule has 4 heteroatoms. The third-order valence-corrected chi connectivity index (χ3v) is 6.63. The number of carbonyl (C=O) groups is 2. The number of aromatic hydroxyl groups is 1. The summed E-state index contributed by atoms with van der Waals surface area (Å²) in [4.78, 5) is 25.0. The lowest BCUT2D eigenvalue weighted by molar-refractivity contribution is -0.134.